The van der Waals surface area contributed by atoms with Crippen molar-refractivity contribution >= 4 is 29.9 Å². The molecule has 1 aliphatic heterocycles. The highest BCUT2D eigenvalue weighted by atomic mass is 35.5. The van der Waals surface area contributed by atoms with E-state index < -0.39 is 0 Å². The molecule has 27 heavy (non-hydrogen) atoms. The van der Waals surface area contributed by atoms with Crippen LogP contribution in [-0.2, 0) is 11.2 Å². The summed E-state index contributed by atoms with van der Waals surface area (Å²) in [6.07, 6.45) is 5.39. The maximum Gasteiger partial charge on any atom is 0.224 e. The van der Waals surface area contributed by atoms with Crippen LogP contribution in [0.25, 0.3) is 0 Å². The fourth-order valence-electron chi connectivity index (χ4n) is 3.64. The van der Waals surface area contributed by atoms with E-state index in [0.717, 1.165) is 29.2 Å². The van der Waals surface area contributed by atoms with Gasteiger partial charge in [-0.05, 0) is 43.1 Å². The Bertz CT molecular complexity index is 700. The van der Waals surface area contributed by atoms with Crippen LogP contribution in [0.4, 0.5) is 0 Å². The van der Waals surface area contributed by atoms with E-state index in [-0.39, 0.29) is 24.4 Å². The first-order valence-electron chi connectivity index (χ1n) is 9.53. The van der Waals surface area contributed by atoms with Gasteiger partial charge in [0.2, 0.25) is 5.91 Å². The molecule has 0 saturated carbocycles. The molecule has 1 fully saturated rings. The molecule has 3 rings (SSSR count). The van der Waals surface area contributed by atoms with Crippen molar-refractivity contribution in [1.82, 2.24) is 10.2 Å². The Morgan fingerprint density at radius 2 is 1.59 bits per heavy atom. The zero-order valence-electron chi connectivity index (χ0n) is 15.6. The highest BCUT2D eigenvalue weighted by Gasteiger charge is 2.23. The summed E-state index contributed by atoms with van der Waals surface area (Å²) >= 11 is 6.48. The van der Waals surface area contributed by atoms with Gasteiger partial charge in [0.15, 0.2) is 0 Å². The van der Waals surface area contributed by atoms with Crippen LogP contribution in [0, 0.1) is 0 Å². The van der Waals surface area contributed by atoms with Gasteiger partial charge in [0, 0.05) is 11.6 Å². The Balaban J connectivity index is 0.00000261. The van der Waals surface area contributed by atoms with E-state index in [1.807, 2.05) is 48.5 Å². The van der Waals surface area contributed by atoms with Crippen molar-refractivity contribution < 1.29 is 4.79 Å². The number of likely N-dealkylation sites (tertiary alicyclic amines) is 1. The molecule has 3 nitrogen and oxygen atoms in total. The second kappa shape index (κ2) is 11.3. The summed E-state index contributed by atoms with van der Waals surface area (Å²) < 4.78 is 0. The smallest absolute Gasteiger partial charge is 0.224 e. The molecule has 5 heteroatoms. The Labute approximate surface area is 173 Å². The molecule has 0 radical (unpaired) electrons. The second-order valence-corrected chi connectivity index (χ2v) is 7.36. The summed E-state index contributed by atoms with van der Waals surface area (Å²) in [6, 6.07) is 18.0. The lowest BCUT2D eigenvalue weighted by atomic mass is 10.0. The molecule has 0 aliphatic carbocycles. The molecule has 1 amide bonds. The molecule has 146 valence electrons. The Hall–Kier alpha value is -1.55. The number of nitrogens with one attached hydrogen (secondary N) is 1. The van der Waals surface area contributed by atoms with Gasteiger partial charge >= 0.3 is 0 Å². The van der Waals surface area contributed by atoms with Gasteiger partial charge in [0.25, 0.3) is 0 Å². The van der Waals surface area contributed by atoms with Crippen molar-refractivity contribution in [1.29, 1.82) is 0 Å². The number of halogens is 2. The van der Waals surface area contributed by atoms with E-state index in [9.17, 15) is 4.79 Å². The average Bonchev–Trinajstić information content (AvgIpc) is 2.93. The molecule has 1 N–H and O–H groups in total. The molecular weight excluding hydrogens is 379 g/mol. The summed E-state index contributed by atoms with van der Waals surface area (Å²) in [5, 5.41) is 3.91. The van der Waals surface area contributed by atoms with Gasteiger partial charge < -0.3 is 5.32 Å². The second-order valence-electron chi connectivity index (χ2n) is 6.95. The highest BCUT2D eigenvalue weighted by molar-refractivity contribution is 6.31. The lowest BCUT2D eigenvalue weighted by Gasteiger charge is -2.31. The maximum absolute atomic E-state index is 12.4. The third-order valence-electron chi connectivity index (χ3n) is 5.05. The van der Waals surface area contributed by atoms with Crippen LogP contribution in [0.5, 0.6) is 0 Å². The maximum atomic E-state index is 12.4. The van der Waals surface area contributed by atoms with Crippen LogP contribution in [0.3, 0.4) is 0 Å². The number of benzene rings is 2. The average molecular weight is 407 g/mol. The first kappa shape index (κ1) is 21.7. The van der Waals surface area contributed by atoms with Crippen molar-refractivity contribution in [3.8, 4) is 0 Å². The molecule has 2 aromatic rings. The lowest BCUT2D eigenvalue weighted by Crippen LogP contribution is -2.39. The van der Waals surface area contributed by atoms with E-state index in [4.69, 9.17) is 11.6 Å². The summed E-state index contributed by atoms with van der Waals surface area (Å²) in [6.45, 7) is 2.71. The van der Waals surface area contributed by atoms with Crippen molar-refractivity contribution in [3.63, 3.8) is 0 Å². The third kappa shape index (κ3) is 6.53. The molecule has 1 heterocycles. The molecule has 2 aromatic carbocycles. The van der Waals surface area contributed by atoms with Gasteiger partial charge in [-0.15, -0.1) is 12.4 Å². The van der Waals surface area contributed by atoms with Crippen molar-refractivity contribution in [2.75, 3.05) is 19.6 Å². The van der Waals surface area contributed by atoms with Crippen LogP contribution < -0.4 is 5.32 Å². The summed E-state index contributed by atoms with van der Waals surface area (Å²) in [5.41, 5.74) is 2.14. The number of nitrogens with zero attached hydrogens (tertiary/aromatic N) is 1. The number of carbonyl (C=O) groups excluding carboxylic acids is 1. The van der Waals surface area contributed by atoms with Gasteiger partial charge in [-0.3, -0.25) is 9.69 Å². The molecule has 1 aliphatic rings. The predicted octanol–water partition coefficient (Wildman–Crippen LogP) is 5.04. The van der Waals surface area contributed by atoms with Crippen LogP contribution >= 0.6 is 24.0 Å². The van der Waals surface area contributed by atoms with Gasteiger partial charge in [-0.25, -0.2) is 0 Å². The number of hydrogen-bond acceptors (Lipinski definition) is 2. The standard InChI is InChI=1S/C22H27ClN2O.ClH/c23-20-13-7-6-12-19(20)21(25-14-8-1-2-9-15-25)17-24-22(26)16-18-10-4-3-5-11-18;/h3-7,10-13,21H,1-2,8-9,14-17H2,(H,24,26);1H. The molecule has 0 spiro atoms. The van der Waals surface area contributed by atoms with Gasteiger partial charge in [-0.2, -0.15) is 0 Å². The molecule has 1 atom stereocenters. The number of amides is 1. The number of hydrogen-bond donors (Lipinski definition) is 1. The van der Waals surface area contributed by atoms with Gasteiger partial charge in [0.05, 0.1) is 12.5 Å². The molecule has 0 bridgehead atoms. The fourth-order valence-corrected chi connectivity index (χ4v) is 3.90. The van der Waals surface area contributed by atoms with E-state index in [1.165, 1.54) is 25.7 Å². The van der Waals surface area contributed by atoms with Crippen LogP contribution in [0.1, 0.15) is 42.9 Å². The summed E-state index contributed by atoms with van der Waals surface area (Å²) in [4.78, 5) is 14.9. The van der Waals surface area contributed by atoms with Crippen molar-refractivity contribution in [2.45, 2.75) is 38.1 Å². The number of rotatable bonds is 6. The van der Waals surface area contributed by atoms with E-state index in [2.05, 4.69) is 16.3 Å². The van der Waals surface area contributed by atoms with E-state index in [1.54, 1.807) is 0 Å². The van der Waals surface area contributed by atoms with E-state index in [0.29, 0.717) is 13.0 Å². The predicted molar refractivity (Wildman–Crippen MR) is 115 cm³/mol. The van der Waals surface area contributed by atoms with Crippen LogP contribution in [0.15, 0.2) is 54.6 Å². The molecular formula is C22H28Cl2N2O. The number of carbonyl (C=O) groups is 1. The fraction of sp³-hybridized carbons (Fsp3) is 0.409. The third-order valence-corrected chi connectivity index (χ3v) is 5.39. The molecule has 1 saturated heterocycles. The first-order valence-corrected chi connectivity index (χ1v) is 9.91. The minimum Gasteiger partial charge on any atom is -0.354 e. The lowest BCUT2D eigenvalue weighted by molar-refractivity contribution is -0.120. The topological polar surface area (TPSA) is 32.3 Å². The molecule has 1 unspecified atom stereocenters. The molecule has 0 aromatic heterocycles. The monoisotopic (exact) mass is 406 g/mol. The summed E-state index contributed by atoms with van der Waals surface area (Å²) in [7, 11) is 0. The Morgan fingerprint density at radius 1 is 0.963 bits per heavy atom. The highest BCUT2D eigenvalue weighted by Crippen LogP contribution is 2.29. The zero-order valence-corrected chi connectivity index (χ0v) is 17.1. The van der Waals surface area contributed by atoms with Gasteiger partial charge in [-0.1, -0.05) is 73.0 Å². The van der Waals surface area contributed by atoms with Crippen LogP contribution in [0.2, 0.25) is 5.02 Å². The SMILES string of the molecule is Cl.O=C(Cc1ccccc1)NCC(c1ccccc1Cl)N1CCCCCC1. The van der Waals surface area contributed by atoms with Crippen LogP contribution in [-0.4, -0.2) is 30.4 Å². The van der Waals surface area contributed by atoms with Crippen molar-refractivity contribution in [2.24, 2.45) is 0 Å². The quantitative estimate of drug-likeness (QED) is 0.728. The first-order chi connectivity index (χ1) is 12.7. The minimum absolute atomic E-state index is 0. The zero-order chi connectivity index (χ0) is 18.2. The Kier molecular flexibility index (Phi) is 9.12. The minimum atomic E-state index is 0. The largest absolute Gasteiger partial charge is 0.354 e. The Morgan fingerprint density at radius 3 is 2.26 bits per heavy atom. The van der Waals surface area contributed by atoms with Crippen molar-refractivity contribution in [3.05, 3.63) is 70.7 Å². The van der Waals surface area contributed by atoms with Gasteiger partial charge in [0.1, 0.15) is 0 Å². The van der Waals surface area contributed by atoms with E-state index >= 15 is 0 Å². The summed E-state index contributed by atoms with van der Waals surface area (Å²) in [5.74, 6) is 0.0584. The normalized spacial score (nSPS) is 16.0.